The van der Waals surface area contributed by atoms with Gasteiger partial charge in [0, 0.05) is 23.3 Å². The van der Waals surface area contributed by atoms with Crippen molar-refractivity contribution in [1.82, 2.24) is 4.98 Å². The van der Waals surface area contributed by atoms with Gasteiger partial charge in [-0.15, -0.1) is 0 Å². The van der Waals surface area contributed by atoms with Gasteiger partial charge < -0.3 is 5.73 Å². The van der Waals surface area contributed by atoms with Crippen molar-refractivity contribution in [2.75, 3.05) is 0 Å². The molecule has 1 atom stereocenters. The van der Waals surface area contributed by atoms with E-state index in [-0.39, 0.29) is 5.78 Å². The number of carbonyl (C=O) groups excluding carboxylic acids is 1. The molecule has 3 heteroatoms. The molecule has 1 heterocycles. The van der Waals surface area contributed by atoms with Gasteiger partial charge in [0.25, 0.3) is 0 Å². The molecule has 2 rings (SSSR count). The van der Waals surface area contributed by atoms with E-state index in [0.29, 0.717) is 12.0 Å². The zero-order chi connectivity index (χ0) is 12.5. The predicted octanol–water partition coefficient (Wildman–Crippen LogP) is 2.54. The second-order valence-electron chi connectivity index (χ2n) is 4.50. The lowest BCUT2D eigenvalue weighted by molar-refractivity contribution is 0.0899. The van der Waals surface area contributed by atoms with Gasteiger partial charge in [-0.1, -0.05) is 25.1 Å². The lowest BCUT2D eigenvalue weighted by Gasteiger charge is -2.21. The van der Waals surface area contributed by atoms with Crippen molar-refractivity contribution in [2.45, 2.75) is 25.8 Å². The van der Waals surface area contributed by atoms with Crippen LogP contribution < -0.4 is 5.73 Å². The Morgan fingerprint density at radius 1 is 1.41 bits per heavy atom. The molecule has 0 saturated carbocycles. The molecular weight excluding hydrogens is 212 g/mol. The van der Waals surface area contributed by atoms with Gasteiger partial charge in [-0.05, 0) is 24.8 Å². The number of nitrogens with two attached hydrogens (primary N) is 1. The first-order valence-corrected chi connectivity index (χ1v) is 5.72. The van der Waals surface area contributed by atoms with Crippen molar-refractivity contribution in [3.05, 3.63) is 42.2 Å². The van der Waals surface area contributed by atoms with Crippen LogP contribution in [0.4, 0.5) is 0 Å². The smallest absolute Gasteiger partial charge is 0.182 e. The summed E-state index contributed by atoms with van der Waals surface area (Å²) in [5, 5.41) is 1.88. The molecule has 3 nitrogen and oxygen atoms in total. The zero-order valence-corrected chi connectivity index (χ0v) is 10.1. The summed E-state index contributed by atoms with van der Waals surface area (Å²) in [6, 6.07) is 7.49. The topological polar surface area (TPSA) is 56.0 Å². The van der Waals surface area contributed by atoms with Gasteiger partial charge in [0.15, 0.2) is 5.78 Å². The summed E-state index contributed by atoms with van der Waals surface area (Å²) in [5.74, 6) is -0.0169. The summed E-state index contributed by atoms with van der Waals surface area (Å²) >= 11 is 0. The summed E-state index contributed by atoms with van der Waals surface area (Å²) in [4.78, 5) is 16.4. The molecule has 2 N–H and O–H groups in total. The Kier molecular flexibility index (Phi) is 2.94. The third-order valence-electron chi connectivity index (χ3n) is 3.18. The Hall–Kier alpha value is -1.74. The second kappa shape index (κ2) is 4.26. The number of benzene rings is 1. The Morgan fingerprint density at radius 3 is 2.88 bits per heavy atom. The van der Waals surface area contributed by atoms with E-state index in [1.165, 1.54) is 0 Å². The summed E-state index contributed by atoms with van der Waals surface area (Å²) < 4.78 is 0. The number of hydrogen-bond acceptors (Lipinski definition) is 3. The molecule has 0 spiro atoms. The molecule has 0 aliphatic rings. The van der Waals surface area contributed by atoms with Gasteiger partial charge in [-0.25, -0.2) is 0 Å². The lowest BCUT2D eigenvalue weighted by Crippen LogP contribution is -2.44. The minimum atomic E-state index is -0.808. The molecule has 0 aliphatic heterocycles. The highest BCUT2D eigenvalue weighted by atomic mass is 16.1. The third-order valence-corrected chi connectivity index (χ3v) is 3.18. The van der Waals surface area contributed by atoms with Crippen LogP contribution in [-0.2, 0) is 0 Å². The Balaban J connectivity index is 2.60. The van der Waals surface area contributed by atoms with E-state index in [1.54, 1.807) is 19.3 Å². The Bertz CT molecular complexity index is 556. The summed E-state index contributed by atoms with van der Waals surface area (Å²) in [6.07, 6.45) is 4.07. The number of Topliss-reactive ketones (excluding diaryl/α,β-unsaturated/α-hetero) is 1. The average Bonchev–Trinajstić information content (AvgIpc) is 2.37. The molecule has 0 fully saturated rings. The molecule has 0 amide bonds. The molecule has 1 aromatic carbocycles. The third kappa shape index (κ3) is 2.06. The van der Waals surface area contributed by atoms with E-state index in [0.717, 1.165) is 10.8 Å². The minimum Gasteiger partial charge on any atom is -0.319 e. The van der Waals surface area contributed by atoms with Crippen LogP contribution in [0.2, 0.25) is 0 Å². The Labute approximate surface area is 101 Å². The van der Waals surface area contributed by atoms with Gasteiger partial charge in [-0.3, -0.25) is 9.78 Å². The zero-order valence-electron chi connectivity index (χ0n) is 10.1. The molecule has 0 bridgehead atoms. The number of pyridine rings is 1. The number of nitrogens with zero attached hydrogens (tertiary/aromatic N) is 1. The van der Waals surface area contributed by atoms with Crippen molar-refractivity contribution in [2.24, 2.45) is 5.73 Å². The maximum absolute atomic E-state index is 12.4. The number of rotatable bonds is 3. The van der Waals surface area contributed by atoms with Crippen LogP contribution in [0.1, 0.15) is 30.6 Å². The van der Waals surface area contributed by atoms with Crippen LogP contribution in [0.15, 0.2) is 36.7 Å². The first-order valence-electron chi connectivity index (χ1n) is 5.72. The normalized spacial score (nSPS) is 14.5. The van der Waals surface area contributed by atoms with Crippen LogP contribution in [-0.4, -0.2) is 16.3 Å². The van der Waals surface area contributed by atoms with Crippen LogP contribution in [0, 0.1) is 0 Å². The standard InChI is InChI=1S/C14H16N2O/c1-3-14(2,15)13(17)12-6-4-5-10-9-16-8-7-11(10)12/h4-9H,3,15H2,1-2H3. The van der Waals surface area contributed by atoms with Crippen molar-refractivity contribution >= 4 is 16.6 Å². The van der Waals surface area contributed by atoms with Crippen molar-refractivity contribution in [1.29, 1.82) is 0 Å². The monoisotopic (exact) mass is 228 g/mol. The molecule has 0 saturated heterocycles. The van der Waals surface area contributed by atoms with Crippen LogP contribution >= 0.6 is 0 Å². The highest BCUT2D eigenvalue weighted by molar-refractivity contribution is 6.12. The van der Waals surface area contributed by atoms with E-state index < -0.39 is 5.54 Å². The van der Waals surface area contributed by atoms with Gasteiger partial charge >= 0.3 is 0 Å². The molecule has 1 unspecified atom stereocenters. The molecule has 1 aromatic heterocycles. The predicted molar refractivity (Wildman–Crippen MR) is 69.0 cm³/mol. The van der Waals surface area contributed by atoms with Crippen LogP contribution in [0.5, 0.6) is 0 Å². The van der Waals surface area contributed by atoms with Gasteiger partial charge in [-0.2, -0.15) is 0 Å². The number of carbonyl (C=O) groups is 1. The minimum absolute atomic E-state index is 0.0169. The van der Waals surface area contributed by atoms with E-state index >= 15 is 0 Å². The summed E-state index contributed by atoms with van der Waals surface area (Å²) in [5.41, 5.74) is 5.89. The van der Waals surface area contributed by atoms with Crippen molar-refractivity contribution in [3.63, 3.8) is 0 Å². The average molecular weight is 228 g/mol. The molecule has 0 aliphatic carbocycles. The van der Waals surface area contributed by atoms with E-state index in [4.69, 9.17) is 5.73 Å². The van der Waals surface area contributed by atoms with Crippen LogP contribution in [0.25, 0.3) is 10.8 Å². The number of aromatic nitrogens is 1. The maximum Gasteiger partial charge on any atom is 0.182 e. The van der Waals surface area contributed by atoms with Gasteiger partial charge in [0.05, 0.1) is 5.54 Å². The fourth-order valence-corrected chi connectivity index (χ4v) is 1.79. The first-order chi connectivity index (χ1) is 8.06. The summed E-state index contributed by atoms with van der Waals surface area (Å²) in [7, 11) is 0. The molecule has 88 valence electrons. The number of fused-ring (bicyclic) bond motifs is 1. The van der Waals surface area contributed by atoms with E-state index in [1.807, 2.05) is 31.2 Å². The summed E-state index contributed by atoms with van der Waals surface area (Å²) in [6.45, 7) is 3.69. The van der Waals surface area contributed by atoms with Crippen molar-refractivity contribution < 1.29 is 4.79 Å². The quantitative estimate of drug-likeness (QED) is 0.821. The van der Waals surface area contributed by atoms with E-state index in [9.17, 15) is 4.79 Å². The maximum atomic E-state index is 12.4. The molecule has 2 aromatic rings. The molecular formula is C14H16N2O. The van der Waals surface area contributed by atoms with Crippen molar-refractivity contribution in [3.8, 4) is 0 Å². The second-order valence-corrected chi connectivity index (χ2v) is 4.50. The molecule has 17 heavy (non-hydrogen) atoms. The lowest BCUT2D eigenvalue weighted by atomic mass is 9.88. The Morgan fingerprint density at radius 2 is 2.18 bits per heavy atom. The van der Waals surface area contributed by atoms with Crippen LogP contribution in [0.3, 0.4) is 0 Å². The number of ketones is 1. The largest absolute Gasteiger partial charge is 0.319 e. The fraction of sp³-hybridized carbons (Fsp3) is 0.286. The van der Waals surface area contributed by atoms with Gasteiger partial charge in [0.2, 0.25) is 0 Å². The first kappa shape index (κ1) is 11.7. The highest BCUT2D eigenvalue weighted by Crippen LogP contribution is 2.22. The highest BCUT2D eigenvalue weighted by Gasteiger charge is 2.28. The fourth-order valence-electron chi connectivity index (χ4n) is 1.79. The van der Waals surface area contributed by atoms with E-state index in [2.05, 4.69) is 4.98 Å². The number of hydrogen-bond donors (Lipinski definition) is 1. The SMILES string of the molecule is CCC(C)(N)C(=O)c1cccc2cnccc12. The van der Waals surface area contributed by atoms with Gasteiger partial charge in [0.1, 0.15) is 0 Å². The molecule has 0 radical (unpaired) electrons.